The maximum atomic E-state index is 5.75. The number of para-hydroxylation sites is 1. The zero-order valence-electron chi connectivity index (χ0n) is 10.7. The Labute approximate surface area is 115 Å². The first kappa shape index (κ1) is 11.1. The first-order chi connectivity index (χ1) is 9.90. The van der Waals surface area contributed by atoms with Crippen molar-refractivity contribution in [3.63, 3.8) is 0 Å². The Morgan fingerprint density at radius 3 is 2.55 bits per heavy atom. The second kappa shape index (κ2) is 4.38. The number of aromatic nitrogens is 2. The van der Waals surface area contributed by atoms with Crippen molar-refractivity contribution >= 4 is 21.8 Å². The number of aromatic amines is 1. The lowest BCUT2D eigenvalue weighted by Crippen LogP contribution is -1.86. The Hall–Kier alpha value is -2.81. The number of benzene rings is 2. The molecule has 0 fully saturated rings. The Morgan fingerprint density at radius 2 is 1.65 bits per heavy atom. The van der Waals surface area contributed by atoms with Crippen molar-refractivity contribution in [3.05, 3.63) is 66.9 Å². The first-order valence-electron chi connectivity index (χ1n) is 6.49. The van der Waals surface area contributed by atoms with Crippen LogP contribution in [0.15, 0.2) is 66.9 Å². The van der Waals surface area contributed by atoms with E-state index in [1.165, 1.54) is 10.8 Å². The van der Waals surface area contributed by atoms with Gasteiger partial charge >= 0.3 is 0 Å². The Kier molecular flexibility index (Phi) is 2.42. The lowest BCUT2D eigenvalue weighted by atomic mass is 10.1. The molecule has 4 rings (SSSR count). The summed E-state index contributed by atoms with van der Waals surface area (Å²) in [5.41, 5.74) is 2.21. The zero-order chi connectivity index (χ0) is 13.4. The van der Waals surface area contributed by atoms with Gasteiger partial charge in [-0.3, -0.25) is 0 Å². The molecule has 0 amide bonds. The largest absolute Gasteiger partial charge is 0.439 e. The van der Waals surface area contributed by atoms with E-state index in [9.17, 15) is 0 Å². The number of nitrogens with one attached hydrogen (secondary N) is 1. The molecule has 4 aromatic rings. The summed E-state index contributed by atoms with van der Waals surface area (Å²) in [7, 11) is 0. The summed E-state index contributed by atoms with van der Waals surface area (Å²) in [6, 6.07) is 19.9. The Balaban J connectivity index is 1.81. The monoisotopic (exact) mass is 260 g/mol. The average molecular weight is 260 g/mol. The van der Waals surface area contributed by atoms with Gasteiger partial charge in [0.15, 0.2) is 0 Å². The van der Waals surface area contributed by atoms with Crippen LogP contribution in [0.5, 0.6) is 11.6 Å². The zero-order valence-corrected chi connectivity index (χ0v) is 10.7. The van der Waals surface area contributed by atoms with Crippen LogP contribution >= 0.6 is 0 Å². The van der Waals surface area contributed by atoms with Gasteiger partial charge in [0.05, 0.1) is 5.52 Å². The van der Waals surface area contributed by atoms with Crippen molar-refractivity contribution in [2.75, 3.05) is 0 Å². The van der Waals surface area contributed by atoms with Crippen molar-refractivity contribution in [1.82, 2.24) is 9.97 Å². The summed E-state index contributed by atoms with van der Waals surface area (Å²) >= 11 is 0. The SMILES string of the molecule is c1ccc(Oc2ccc3c(c2)[nH]c2ccccc23)nc1. The molecule has 0 unspecified atom stereocenters. The summed E-state index contributed by atoms with van der Waals surface area (Å²) in [6.45, 7) is 0. The normalized spacial score (nSPS) is 11.0. The fourth-order valence-electron chi connectivity index (χ4n) is 2.43. The molecule has 0 atom stereocenters. The quantitative estimate of drug-likeness (QED) is 0.576. The summed E-state index contributed by atoms with van der Waals surface area (Å²) in [6.07, 6.45) is 1.72. The summed E-state index contributed by atoms with van der Waals surface area (Å²) in [5.74, 6) is 1.38. The van der Waals surface area contributed by atoms with E-state index in [4.69, 9.17) is 4.74 Å². The molecule has 0 aliphatic carbocycles. The van der Waals surface area contributed by atoms with Crippen molar-refractivity contribution in [2.45, 2.75) is 0 Å². The second-order valence-corrected chi connectivity index (χ2v) is 4.65. The number of nitrogens with zero attached hydrogens (tertiary/aromatic N) is 1. The molecule has 0 saturated heterocycles. The van der Waals surface area contributed by atoms with E-state index < -0.39 is 0 Å². The molecule has 3 heteroatoms. The molecule has 2 aromatic heterocycles. The predicted molar refractivity (Wildman–Crippen MR) is 80.1 cm³/mol. The third kappa shape index (κ3) is 1.80. The molecule has 20 heavy (non-hydrogen) atoms. The fourth-order valence-corrected chi connectivity index (χ4v) is 2.43. The number of fused-ring (bicyclic) bond motifs is 3. The number of rotatable bonds is 2. The average Bonchev–Trinajstić information content (AvgIpc) is 2.86. The molecule has 0 aliphatic heterocycles. The van der Waals surface area contributed by atoms with Gasteiger partial charge in [0.1, 0.15) is 5.75 Å². The number of pyridine rings is 1. The summed E-state index contributed by atoms with van der Waals surface area (Å²) < 4.78 is 5.75. The van der Waals surface area contributed by atoms with Gasteiger partial charge in [-0.15, -0.1) is 0 Å². The predicted octanol–water partition coefficient (Wildman–Crippen LogP) is 4.51. The standard InChI is InChI=1S/C17H12N2O/c1-2-6-15-13(5-1)14-9-8-12(11-16(14)19-15)20-17-7-3-4-10-18-17/h1-11,19H. The molecule has 0 bridgehead atoms. The highest BCUT2D eigenvalue weighted by Gasteiger charge is 2.05. The Bertz CT molecular complexity index is 881. The van der Waals surface area contributed by atoms with Crippen LogP contribution in [0, 0.1) is 0 Å². The van der Waals surface area contributed by atoms with Gasteiger partial charge in [-0.05, 0) is 24.3 Å². The lowest BCUT2D eigenvalue weighted by molar-refractivity contribution is 0.463. The van der Waals surface area contributed by atoms with Crippen LogP contribution < -0.4 is 4.74 Å². The van der Waals surface area contributed by atoms with Gasteiger partial charge < -0.3 is 9.72 Å². The molecule has 0 aliphatic rings. The molecule has 0 spiro atoms. The summed E-state index contributed by atoms with van der Waals surface area (Å²) in [4.78, 5) is 7.57. The van der Waals surface area contributed by atoms with Crippen LogP contribution in [-0.4, -0.2) is 9.97 Å². The van der Waals surface area contributed by atoms with Crippen molar-refractivity contribution in [2.24, 2.45) is 0 Å². The van der Waals surface area contributed by atoms with E-state index in [-0.39, 0.29) is 0 Å². The smallest absolute Gasteiger partial charge is 0.219 e. The Morgan fingerprint density at radius 1 is 0.800 bits per heavy atom. The third-order valence-electron chi connectivity index (χ3n) is 3.34. The van der Waals surface area contributed by atoms with E-state index in [1.807, 2.05) is 42.5 Å². The van der Waals surface area contributed by atoms with Crippen LogP contribution in [0.3, 0.4) is 0 Å². The van der Waals surface area contributed by atoms with E-state index >= 15 is 0 Å². The van der Waals surface area contributed by atoms with Crippen LogP contribution in [0.25, 0.3) is 21.8 Å². The van der Waals surface area contributed by atoms with Gasteiger partial charge in [0, 0.05) is 34.6 Å². The van der Waals surface area contributed by atoms with Gasteiger partial charge in [0.2, 0.25) is 5.88 Å². The van der Waals surface area contributed by atoms with E-state index in [0.717, 1.165) is 16.8 Å². The van der Waals surface area contributed by atoms with E-state index in [2.05, 4.69) is 28.2 Å². The maximum absolute atomic E-state index is 5.75. The highest BCUT2D eigenvalue weighted by atomic mass is 16.5. The van der Waals surface area contributed by atoms with Crippen molar-refractivity contribution in [3.8, 4) is 11.6 Å². The maximum Gasteiger partial charge on any atom is 0.219 e. The van der Waals surface area contributed by atoms with Gasteiger partial charge in [-0.2, -0.15) is 0 Å². The van der Waals surface area contributed by atoms with Crippen LogP contribution in [0.4, 0.5) is 0 Å². The minimum Gasteiger partial charge on any atom is -0.439 e. The van der Waals surface area contributed by atoms with Crippen LogP contribution in [0.2, 0.25) is 0 Å². The van der Waals surface area contributed by atoms with Gasteiger partial charge in [-0.25, -0.2) is 4.98 Å². The van der Waals surface area contributed by atoms with Gasteiger partial charge in [0.25, 0.3) is 0 Å². The number of hydrogen-bond donors (Lipinski definition) is 1. The molecular formula is C17H12N2O. The second-order valence-electron chi connectivity index (χ2n) is 4.65. The van der Waals surface area contributed by atoms with E-state index in [1.54, 1.807) is 6.20 Å². The minimum absolute atomic E-state index is 0.600. The molecule has 2 aromatic carbocycles. The lowest BCUT2D eigenvalue weighted by Gasteiger charge is -2.03. The number of H-pyrrole nitrogens is 1. The first-order valence-corrected chi connectivity index (χ1v) is 6.49. The topological polar surface area (TPSA) is 37.9 Å². The van der Waals surface area contributed by atoms with Crippen molar-refractivity contribution in [1.29, 1.82) is 0 Å². The highest BCUT2D eigenvalue weighted by molar-refractivity contribution is 6.07. The molecule has 0 radical (unpaired) electrons. The molecule has 2 heterocycles. The molecule has 96 valence electrons. The van der Waals surface area contributed by atoms with E-state index in [0.29, 0.717) is 5.88 Å². The minimum atomic E-state index is 0.600. The number of hydrogen-bond acceptors (Lipinski definition) is 2. The molecule has 0 saturated carbocycles. The molecule has 1 N–H and O–H groups in total. The van der Waals surface area contributed by atoms with Crippen LogP contribution in [-0.2, 0) is 0 Å². The molecular weight excluding hydrogens is 248 g/mol. The van der Waals surface area contributed by atoms with Crippen molar-refractivity contribution < 1.29 is 4.74 Å². The highest BCUT2D eigenvalue weighted by Crippen LogP contribution is 2.29. The van der Waals surface area contributed by atoms with Crippen LogP contribution in [0.1, 0.15) is 0 Å². The van der Waals surface area contributed by atoms with Gasteiger partial charge in [-0.1, -0.05) is 24.3 Å². The molecule has 3 nitrogen and oxygen atoms in total. The summed E-state index contributed by atoms with van der Waals surface area (Å²) in [5, 5.41) is 2.43. The fraction of sp³-hybridized carbons (Fsp3) is 0. The number of ether oxygens (including phenoxy) is 1. The third-order valence-corrected chi connectivity index (χ3v) is 3.34.